The van der Waals surface area contributed by atoms with E-state index in [1.807, 2.05) is 4.90 Å². The molecule has 1 aromatic rings. The third kappa shape index (κ3) is 3.00. The zero-order valence-corrected chi connectivity index (χ0v) is 13.0. The maximum absolute atomic E-state index is 13.3. The first-order valence-corrected chi connectivity index (χ1v) is 7.73. The predicted molar refractivity (Wildman–Crippen MR) is 80.0 cm³/mol. The molecule has 7 heteroatoms. The van der Waals surface area contributed by atoms with E-state index in [4.69, 9.17) is 0 Å². The van der Waals surface area contributed by atoms with Crippen LogP contribution in [0.5, 0.6) is 0 Å². The molecule has 2 saturated heterocycles. The fourth-order valence-corrected chi connectivity index (χ4v) is 3.20. The first kappa shape index (κ1) is 15.7. The quantitative estimate of drug-likeness (QED) is 0.835. The Morgan fingerprint density at radius 2 is 1.78 bits per heavy atom. The molecular weight excluding hydrogens is 304 g/mol. The number of rotatable bonds is 2. The maximum atomic E-state index is 13.3. The number of nitrogens with zero attached hydrogens (tertiary/aromatic N) is 3. The number of benzene rings is 1. The van der Waals surface area contributed by atoms with Crippen molar-refractivity contribution in [1.29, 1.82) is 0 Å². The molecule has 3 amide bonds. The van der Waals surface area contributed by atoms with Gasteiger partial charge in [0.2, 0.25) is 0 Å². The van der Waals surface area contributed by atoms with Gasteiger partial charge in [-0.1, -0.05) is 0 Å². The second-order valence-corrected chi connectivity index (χ2v) is 6.05. The largest absolute Gasteiger partial charge is 0.338 e. The van der Waals surface area contributed by atoms with E-state index in [1.54, 1.807) is 16.8 Å². The van der Waals surface area contributed by atoms with Crippen LogP contribution in [0.2, 0.25) is 0 Å². The summed E-state index contributed by atoms with van der Waals surface area (Å²) in [5, 5.41) is 0. The van der Waals surface area contributed by atoms with E-state index < -0.39 is 11.6 Å². The van der Waals surface area contributed by atoms with Crippen LogP contribution in [0.25, 0.3) is 0 Å². The molecule has 0 saturated carbocycles. The first-order chi connectivity index (χ1) is 11.0. The van der Waals surface area contributed by atoms with Crippen molar-refractivity contribution in [1.82, 2.24) is 14.7 Å². The van der Waals surface area contributed by atoms with E-state index in [9.17, 15) is 18.4 Å². The molecule has 23 heavy (non-hydrogen) atoms. The Bertz CT molecular complexity index is 630. The number of hydrogen-bond donors (Lipinski definition) is 0. The minimum absolute atomic E-state index is 0.0374. The molecule has 0 spiro atoms. The molecule has 0 radical (unpaired) electrons. The molecule has 0 N–H and O–H groups in total. The number of hydrogen-bond acceptors (Lipinski definition) is 2. The summed E-state index contributed by atoms with van der Waals surface area (Å²) >= 11 is 0. The van der Waals surface area contributed by atoms with Crippen LogP contribution < -0.4 is 0 Å². The Hall–Kier alpha value is -2.18. The molecule has 5 nitrogen and oxygen atoms in total. The number of carbonyl (C=O) groups excluding carboxylic acids is 2. The van der Waals surface area contributed by atoms with Crippen LogP contribution in [0.4, 0.5) is 13.6 Å². The van der Waals surface area contributed by atoms with Gasteiger partial charge in [-0.3, -0.25) is 4.79 Å². The van der Waals surface area contributed by atoms with Gasteiger partial charge in [-0.25, -0.2) is 13.6 Å². The molecule has 0 aliphatic carbocycles. The zero-order valence-electron chi connectivity index (χ0n) is 13.0. The minimum Gasteiger partial charge on any atom is -0.338 e. The lowest BCUT2D eigenvalue weighted by Gasteiger charge is -2.36. The van der Waals surface area contributed by atoms with Crippen molar-refractivity contribution >= 4 is 11.9 Å². The molecule has 0 bridgehead atoms. The average Bonchev–Trinajstić information content (AvgIpc) is 2.89. The van der Waals surface area contributed by atoms with Gasteiger partial charge in [-0.2, -0.15) is 0 Å². The fourth-order valence-electron chi connectivity index (χ4n) is 3.20. The van der Waals surface area contributed by atoms with Crippen molar-refractivity contribution in [3.05, 3.63) is 35.4 Å². The van der Waals surface area contributed by atoms with Crippen molar-refractivity contribution in [2.24, 2.45) is 0 Å². The van der Waals surface area contributed by atoms with E-state index in [1.165, 1.54) is 6.07 Å². The molecule has 1 aromatic carbocycles. The molecule has 124 valence electrons. The highest BCUT2D eigenvalue weighted by Crippen LogP contribution is 2.22. The fraction of sp³-hybridized carbons (Fsp3) is 0.500. The molecule has 2 fully saturated rings. The summed E-state index contributed by atoms with van der Waals surface area (Å²) in [6.07, 6.45) is 1.41. The maximum Gasteiger partial charge on any atom is 0.320 e. The van der Waals surface area contributed by atoms with E-state index in [2.05, 4.69) is 0 Å². The summed E-state index contributed by atoms with van der Waals surface area (Å²) in [6, 6.07) is 3.37. The van der Waals surface area contributed by atoms with E-state index in [0.29, 0.717) is 25.9 Å². The molecule has 2 aliphatic rings. The lowest BCUT2D eigenvalue weighted by atomic mass is 10.0. The van der Waals surface area contributed by atoms with Gasteiger partial charge >= 0.3 is 6.03 Å². The second kappa shape index (κ2) is 6.14. The van der Waals surface area contributed by atoms with Gasteiger partial charge in [-0.15, -0.1) is 0 Å². The van der Waals surface area contributed by atoms with Crippen LogP contribution >= 0.6 is 0 Å². The van der Waals surface area contributed by atoms with Gasteiger partial charge in [0, 0.05) is 44.8 Å². The summed E-state index contributed by atoms with van der Waals surface area (Å²) in [7, 11) is 1.78. The Morgan fingerprint density at radius 1 is 1.09 bits per heavy atom. The summed E-state index contributed by atoms with van der Waals surface area (Å²) in [6.45, 7) is 2.47. The molecule has 0 aromatic heterocycles. The van der Waals surface area contributed by atoms with Crippen LogP contribution in [0, 0.1) is 11.6 Å². The van der Waals surface area contributed by atoms with Gasteiger partial charge in [0.25, 0.3) is 5.91 Å². The number of halogens is 2. The lowest BCUT2D eigenvalue weighted by Crippen LogP contribution is -2.47. The van der Waals surface area contributed by atoms with E-state index in [-0.39, 0.29) is 23.5 Å². The topological polar surface area (TPSA) is 43.9 Å². The molecule has 3 rings (SSSR count). The van der Waals surface area contributed by atoms with Gasteiger partial charge in [0.15, 0.2) is 11.6 Å². The third-order valence-electron chi connectivity index (χ3n) is 4.61. The number of piperidine rings is 1. The highest BCUT2D eigenvalue weighted by molar-refractivity contribution is 5.94. The SMILES string of the molecule is CN1CCN(C2CCN(C(=O)c3ccc(F)c(F)c3)CC2)C1=O. The third-order valence-corrected chi connectivity index (χ3v) is 4.61. The summed E-state index contributed by atoms with van der Waals surface area (Å²) in [5.74, 6) is -2.28. The van der Waals surface area contributed by atoms with Crippen LogP contribution in [0.15, 0.2) is 18.2 Å². The average molecular weight is 323 g/mol. The summed E-state index contributed by atoms with van der Waals surface area (Å²) < 4.78 is 26.2. The van der Waals surface area contributed by atoms with E-state index in [0.717, 1.165) is 25.2 Å². The number of likely N-dealkylation sites (N-methyl/N-ethyl adjacent to an activating group) is 1. The standard InChI is InChI=1S/C16H19F2N3O2/c1-19-8-9-21(16(19)23)12-4-6-20(7-5-12)15(22)11-2-3-13(17)14(18)10-11/h2-3,10,12H,4-9H2,1H3. The lowest BCUT2D eigenvalue weighted by molar-refractivity contribution is 0.0663. The zero-order chi connectivity index (χ0) is 16.6. The van der Waals surface area contributed by atoms with E-state index >= 15 is 0 Å². The molecule has 2 heterocycles. The number of amides is 3. The molecule has 2 aliphatic heterocycles. The number of carbonyl (C=O) groups is 2. The molecule has 0 atom stereocenters. The Labute approximate surface area is 133 Å². The van der Waals surface area contributed by atoms with Crippen molar-refractivity contribution in [3.63, 3.8) is 0 Å². The molecular formula is C16H19F2N3O2. The summed E-state index contributed by atoms with van der Waals surface area (Å²) in [4.78, 5) is 29.5. The highest BCUT2D eigenvalue weighted by Gasteiger charge is 2.34. The van der Waals surface area contributed by atoms with Crippen molar-refractivity contribution in [3.8, 4) is 0 Å². The van der Waals surface area contributed by atoms with Crippen molar-refractivity contribution in [2.45, 2.75) is 18.9 Å². The Kier molecular flexibility index (Phi) is 4.19. The number of likely N-dealkylation sites (tertiary alicyclic amines) is 1. The number of urea groups is 1. The normalized spacial score (nSPS) is 19.6. The van der Waals surface area contributed by atoms with Crippen molar-refractivity contribution in [2.75, 3.05) is 33.2 Å². The summed E-state index contributed by atoms with van der Waals surface area (Å²) in [5.41, 5.74) is 0.152. The monoisotopic (exact) mass is 323 g/mol. The Morgan fingerprint density at radius 3 is 2.35 bits per heavy atom. The van der Waals surface area contributed by atoms with Gasteiger partial charge in [0.1, 0.15) is 0 Å². The Balaban J connectivity index is 1.61. The molecule has 0 unspecified atom stereocenters. The van der Waals surface area contributed by atoms with Crippen LogP contribution in [-0.2, 0) is 0 Å². The minimum atomic E-state index is -1.02. The first-order valence-electron chi connectivity index (χ1n) is 7.73. The highest BCUT2D eigenvalue weighted by atomic mass is 19.2. The van der Waals surface area contributed by atoms with Crippen LogP contribution in [-0.4, -0.2) is 65.9 Å². The van der Waals surface area contributed by atoms with Gasteiger partial charge in [0.05, 0.1) is 0 Å². The van der Waals surface area contributed by atoms with Gasteiger partial charge < -0.3 is 14.7 Å². The second-order valence-electron chi connectivity index (χ2n) is 6.05. The van der Waals surface area contributed by atoms with Crippen LogP contribution in [0.3, 0.4) is 0 Å². The van der Waals surface area contributed by atoms with Crippen LogP contribution in [0.1, 0.15) is 23.2 Å². The van der Waals surface area contributed by atoms with Crippen molar-refractivity contribution < 1.29 is 18.4 Å². The smallest absolute Gasteiger partial charge is 0.320 e. The van der Waals surface area contributed by atoms with Gasteiger partial charge in [-0.05, 0) is 31.0 Å². The predicted octanol–water partition coefficient (Wildman–Crippen LogP) is 1.94.